The van der Waals surface area contributed by atoms with Gasteiger partial charge in [0.25, 0.3) is 0 Å². The maximum absolute atomic E-state index is 13.4. The lowest BCUT2D eigenvalue weighted by Gasteiger charge is -2.29. The Hall–Kier alpha value is -2.25. The van der Waals surface area contributed by atoms with E-state index in [1.807, 2.05) is 18.4 Å². The van der Waals surface area contributed by atoms with Gasteiger partial charge >= 0.3 is 0 Å². The number of aryl methyl sites for hydroxylation is 1. The van der Waals surface area contributed by atoms with Crippen LogP contribution in [0, 0.1) is 12.7 Å². The van der Waals surface area contributed by atoms with Gasteiger partial charge < -0.3 is 14.5 Å². The van der Waals surface area contributed by atoms with Crippen molar-refractivity contribution in [3.63, 3.8) is 0 Å². The summed E-state index contributed by atoms with van der Waals surface area (Å²) < 4.78 is 19.1. The third-order valence-corrected chi connectivity index (χ3v) is 6.82. The van der Waals surface area contributed by atoms with Crippen LogP contribution < -0.4 is 0 Å². The van der Waals surface area contributed by atoms with E-state index in [-0.39, 0.29) is 30.3 Å². The standard InChI is InChI=1S/C25H33FN2O3S/c1-3-4-7-24(29)28(16-22-6-5-13-31-22)18-25(30)27(17-23-19(2)12-14-32-23)15-20-8-10-21(26)11-9-20/h8-12,14,22H,3-7,13,15-18H2,1-2H3. The van der Waals surface area contributed by atoms with Crippen molar-refractivity contribution in [2.45, 2.75) is 65.1 Å². The van der Waals surface area contributed by atoms with Crippen molar-refractivity contribution >= 4 is 23.2 Å². The van der Waals surface area contributed by atoms with Gasteiger partial charge in [-0.05, 0) is 60.9 Å². The van der Waals surface area contributed by atoms with Crippen molar-refractivity contribution in [1.82, 2.24) is 9.80 Å². The Morgan fingerprint density at radius 3 is 2.53 bits per heavy atom. The minimum Gasteiger partial charge on any atom is -0.376 e. The molecule has 5 nitrogen and oxygen atoms in total. The Morgan fingerprint density at radius 1 is 1.12 bits per heavy atom. The first-order chi connectivity index (χ1) is 15.5. The molecule has 32 heavy (non-hydrogen) atoms. The number of ether oxygens (including phenoxy) is 1. The number of halogens is 1. The molecular formula is C25H33FN2O3S. The molecule has 1 fully saturated rings. The highest BCUT2D eigenvalue weighted by molar-refractivity contribution is 7.10. The first kappa shape index (κ1) is 24.4. The summed E-state index contributed by atoms with van der Waals surface area (Å²) in [5.41, 5.74) is 2.00. The number of thiophene rings is 1. The van der Waals surface area contributed by atoms with E-state index in [9.17, 15) is 14.0 Å². The normalized spacial score (nSPS) is 15.7. The number of nitrogens with zero attached hydrogens (tertiary/aromatic N) is 2. The number of carbonyl (C=O) groups is 2. The first-order valence-corrected chi connectivity index (χ1v) is 12.3. The molecule has 1 aromatic carbocycles. The summed E-state index contributed by atoms with van der Waals surface area (Å²) in [7, 11) is 0. The quantitative estimate of drug-likeness (QED) is 0.478. The van der Waals surface area contributed by atoms with Crippen LogP contribution in [0.2, 0.25) is 0 Å². The van der Waals surface area contributed by atoms with Crippen LogP contribution in [-0.2, 0) is 27.4 Å². The third-order valence-electron chi connectivity index (χ3n) is 5.81. The highest BCUT2D eigenvalue weighted by Crippen LogP contribution is 2.21. The lowest BCUT2D eigenvalue weighted by molar-refractivity contribution is -0.142. The molecule has 1 aromatic heterocycles. The number of rotatable bonds is 11. The molecule has 1 unspecified atom stereocenters. The summed E-state index contributed by atoms with van der Waals surface area (Å²) in [4.78, 5) is 30.9. The molecule has 0 bridgehead atoms. The second kappa shape index (κ2) is 12.1. The van der Waals surface area contributed by atoms with Crippen molar-refractivity contribution in [3.8, 4) is 0 Å². The van der Waals surface area contributed by atoms with E-state index in [0.717, 1.165) is 41.7 Å². The third kappa shape index (κ3) is 7.14. The summed E-state index contributed by atoms with van der Waals surface area (Å²) in [6.45, 7) is 6.12. The smallest absolute Gasteiger partial charge is 0.242 e. The monoisotopic (exact) mass is 460 g/mol. The second-order valence-corrected chi connectivity index (χ2v) is 9.42. The topological polar surface area (TPSA) is 49.9 Å². The highest BCUT2D eigenvalue weighted by atomic mass is 32.1. The van der Waals surface area contributed by atoms with Crippen LogP contribution in [-0.4, -0.2) is 47.4 Å². The van der Waals surface area contributed by atoms with E-state index in [2.05, 4.69) is 6.92 Å². The summed E-state index contributed by atoms with van der Waals surface area (Å²) in [6.07, 6.45) is 4.09. The summed E-state index contributed by atoms with van der Waals surface area (Å²) in [6, 6.07) is 8.26. The molecule has 2 aromatic rings. The van der Waals surface area contributed by atoms with E-state index in [0.29, 0.717) is 32.7 Å². The molecular weight excluding hydrogens is 427 g/mol. The second-order valence-electron chi connectivity index (χ2n) is 8.42. The SMILES string of the molecule is CCCCC(=O)N(CC(=O)N(Cc1ccc(F)cc1)Cc1sccc1C)CC1CCCO1. The van der Waals surface area contributed by atoms with Gasteiger partial charge in [0.15, 0.2) is 0 Å². The number of amides is 2. The zero-order chi connectivity index (χ0) is 22.9. The van der Waals surface area contributed by atoms with Crippen molar-refractivity contribution in [3.05, 3.63) is 57.5 Å². The summed E-state index contributed by atoms with van der Waals surface area (Å²) in [5.74, 6) is -0.403. The van der Waals surface area contributed by atoms with Gasteiger partial charge in [0.05, 0.1) is 19.2 Å². The number of hydrogen-bond donors (Lipinski definition) is 0. The Balaban J connectivity index is 1.75. The van der Waals surface area contributed by atoms with Crippen LogP contribution in [0.15, 0.2) is 35.7 Å². The van der Waals surface area contributed by atoms with Crippen LogP contribution in [0.25, 0.3) is 0 Å². The molecule has 2 amide bonds. The molecule has 1 atom stereocenters. The van der Waals surface area contributed by atoms with Crippen molar-refractivity contribution in [2.75, 3.05) is 19.7 Å². The molecule has 174 valence electrons. The van der Waals surface area contributed by atoms with Gasteiger partial charge in [-0.25, -0.2) is 4.39 Å². The van der Waals surface area contributed by atoms with Crippen molar-refractivity contribution < 1.29 is 18.7 Å². The van der Waals surface area contributed by atoms with E-state index in [1.54, 1.807) is 33.3 Å². The largest absolute Gasteiger partial charge is 0.376 e. The molecule has 0 radical (unpaired) electrons. The molecule has 1 aliphatic heterocycles. The van der Waals surface area contributed by atoms with Gasteiger partial charge in [0, 0.05) is 31.0 Å². The molecule has 0 saturated carbocycles. The van der Waals surface area contributed by atoms with Gasteiger partial charge in [0.2, 0.25) is 11.8 Å². The lowest BCUT2D eigenvalue weighted by Crippen LogP contribution is -2.45. The number of benzene rings is 1. The minimum atomic E-state index is -0.301. The number of unbranched alkanes of at least 4 members (excludes halogenated alkanes) is 1. The molecule has 1 saturated heterocycles. The van der Waals surface area contributed by atoms with Gasteiger partial charge in [-0.3, -0.25) is 9.59 Å². The van der Waals surface area contributed by atoms with Crippen LogP contribution in [0.1, 0.15) is 55.0 Å². The fourth-order valence-corrected chi connectivity index (χ4v) is 4.74. The Bertz CT molecular complexity index is 878. The van der Waals surface area contributed by atoms with Gasteiger partial charge in [-0.1, -0.05) is 25.5 Å². The predicted molar refractivity (Wildman–Crippen MR) is 125 cm³/mol. The van der Waals surface area contributed by atoms with Crippen molar-refractivity contribution in [2.24, 2.45) is 0 Å². The van der Waals surface area contributed by atoms with Crippen LogP contribution in [0.5, 0.6) is 0 Å². The zero-order valence-corrected chi connectivity index (χ0v) is 19.8. The fraction of sp³-hybridized carbons (Fsp3) is 0.520. The van der Waals surface area contributed by atoms with E-state index < -0.39 is 0 Å². The zero-order valence-electron chi connectivity index (χ0n) is 19.0. The molecule has 0 aliphatic carbocycles. The maximum Gasteiger partial charge on any atom is 0.242 e. The summed E-state index contributed by atoms with van der Waals surface area (Å²) in [5, 5.41) is 2.02. The van der Waals surface area contributed by atoms with Gasteiger partial charge in [-0.15, -0.1) is 11.3 Å². The number of carbonyl (C=O) groups excluding carboxylic acids is 2. The fourth-order valence-electron chi connectivity index (χ4n) is 3.82. The Morgan fingerprint density at radius 2 is 1.91 bits per heavy atom. The Kier molecular flexibility index (Phi) is 9.23. The van der Waals surface area contributed by atoms with E-state index >= 15 is 0 Å². The average molecular weight is 461 g/mol. The minimum absolute atomic E-state index is 0.00142. The lowest BCUT2D eigenvalue weighted by atomic mass is 10.1. The van der Waals surface area contributed by atoms with Crippen LogP contribution in [0.4, 0.5) is 4.39 Å². The highest BCUT2D eigenvalue weighted by Gasteiger charge is 2.26. The Labute approximate surface area is 194 Å². The van der Waals surface area contributed by atoms with Gasteiger partial charge in [-0.2, -0.15) is 0 Å². The molecule has 2 heterocycles. The number of hydrogen-bond acceptors (Lipinski definition) is 4. The molecule has 7 heteroatoms. The first-order valence-electron chi connectivity index (χ1n) is 11.4. The van der Waals surface area contributed by atoms with Crippen molar-refractivity contribution in [1.29, 1.82) is 0 Å². The van der Waals surface area contributed by atoms with Crippen LogP contribution >= 0.6 is 11.3 Å². The molecule has 1 aliphatic rings. The van der Waals surface area contributed by atoms with Crippen LogP contribution in [0.3, 0.4) is 0 Å². The predicted octanol–water partition coefficient (Wildman–Crippen LogP) is 4.92. The summed E-state index contributed by atoms with van der Waals surface area (Å²) >= 11 is 1.62. The molecule has 0 N–H and O–H groups in total. The van der Waals surface area contributed by atoms with E-state index in [4.69, 9.17) is 4.74 Å². The van der Waals surface area contributed by atoms with Gasteiger partial charge in [0.1, 0.15) is 5.82 Å². The average Bonchev–Trinajstić information content (AvgIpc) is 3.44. The molecule has 0 spiro atoms. The molecule has 3 rings (SSSR count). The maximum atomic E-state index is 13.4. The van der Waals surface area contributed by atoms with E-state index in [1.165, 1.54) is 12.1 Å².